The number of para-hydroxylation sites is 1. The minimum Gasteiger partial charge on any atom is -0.507 e. The number of aromatic hydroxyl groups is 1. The third-order valence-corrected chi connectivity index (χ3v) is 7.22. The number of amides is 1. The molecule has 3 aliphatic rings. The minimum atomic E-state index is -0.143. The van der Waals surface area contributed by atoms with Crippen LogP contribution >= 0.6 is 0 Å². The Labute approximate surface area is 219 Å². The lowest BCUT2D eigenvalue weighted by molar-refractivity contribution is -0.114. The molecule has 0 spiro atoms. The van der Waals surface area contributed by atoms with E-state index in [0.717, 1.165) is 76.0 Å². The van der Waals surface area contributed by atoms with Crippen molar-refractivity contribution >= 4 is 17.4 Å². The fourth-order valence-corrected chi connectivity index (χ4v) is 5.29. The van der Waals surface area contributed by atoms with Crippen molar-refractivity contribution in [2.75, 3.05) is 38.1 Å². The Hall–Kier alpha value is -3.45. The Kier molecular flexibility index (Phi) is 7.99. The molecule has 0 radical (unpaired) electrons. The Morgan fingerprint density at radius 3 is 2.68 bits per heavy atom. The SMILES string of the molecule is CC(=O)Nc1ccc(-c2cccc(/C3=C/C(N4CCNCC4)=C/CCCO3)c2O)cc1OC1CCCC1. The van der Waals surface area contributed by atoms with Crippen LogP contribution in [0.3, 0.4) is 0 Å². The first kappa shape index (κ1) is 25.2. The first-order valence-corrected chi connectivity index (χ1v) is 13.5. The van der Waals surface area contributed by atoms with E-state index in [0.29, 0.717) is 34.9 Å². The van der Waals surface area contributed by atoms with E-state index < -0.39 is 0 Å². The molecule has 2 aromatic rings. The molecule has 2 aromatic carbocycles. The third kappa shape index (κ3) is 6.10. The fraction of sp³-hybridized carbons (Fsp3) is 0.433. The van der Waals surface area contributed by atoms with Crippen LogP contribution in [0.2, 0.25) is 0 Å². The number of nitrogens with zero attached hydrogens (tertiary/aromatic N) is 1. The van der Waals surface area contributed by atoms with Crippen LogP contribution in [0.15, 0.2) is 54.2 Å². The Bertz CT molecular complexity index is 1180. The van der Waals surface area contributed by atoms with Crippen molar-refractivity contribution in [2.45, 2.75) is 51.6 Å². The van der Waals surface area contributed by atoms with Crippen LogP contribution in [-0.2, 0) is 9.53 Å². The van der Waals surface area contributed by atoms with Crippen molar-refractivity contribution in [1.29, 1.82) is 0 Å². The second-order valence-electron chi connectivity index (χ2n) is 9.98. The number of ether oxygens (including phenoxy) is 2. The topological polar surface area (TPSA) is 83.1 Å². The summed E-state index contributed by atoms with van der Waals surface area (Å²) in [6, 6.07) is 11.4. The van der Waals surface area contributed by atoms with Crippen LogP contribution in [0.4, 0.5) is 5.69 Å². The normalized spacial score (nSPS) is 21.6. The average Bonchev–Trinajstić information content (AvgIpc) is 3.39. The molecular formula is C30H37N3O4. The van der Waals surface area contributed by atoms with E-state index in [4.69, 9.17) is 9.47 Å². The van der Waals surface area contributed by atoms with E-state index in [1.807, 2.05) is 36.4 Å². The molecular weight excluding hydrogens is 466 g/mol. The molecule has 3 N–H and O–H groups in total. The van der Waals surface area contributed by atoms with Crippen LogP contribution in [0, 0.1) is 0 Å². The first-order chi connectivity index (χ1) is 18.1. The van der Waals surface area contributed by atoms with E-state index >= 15 is 0 Å². The molecule has 1 amide bonds. The van der Waals surface area contributed by atoms with Crippen LogP contribution in [-0.4, -0.2) is 54.8 Å². The lowest BCUT2D eigenvalue weighted by Gasteiger charge is -2.31. The molecule has 0 aromatic heterocycles. The summed E-state index contributed by atoms with van der Waals surface area (Å²) in [5.41, 5.74) is 3.99. The lowest BCUT2D eigenvalue weighted by Crippen LogP contribution is -2.42. The van der Waals surface area contributed by atoms with Crippen LogP contribution < -0.4 is 15.4 Å². The molecule has 0 bridgehead atoms. The number of carbonyl (C=O) groups is 1. The Morgan fingerprint density at radius 2 is 1.89 bits per heavy atom. The number of carbonyl (C=O) groups excluding carboxylic acids is 1. The predicted octanol–water partition coefficient (Wildman–Crippen LogP) is 5.28. The van der Waals surface area contributed by atoms with Crippen molar-refractivity contribution in [1.82, 2.24) is 10.2 Å². The smallest absolute Gasteiger partial charge is 0.221 e. The van der Waals surface area contributed by atoms with Gasteiger partial charge in [0.1, 0.15) is 17.3 Å². The summed E-state index contributed by atoms with van der Waals surface area (Å²) < 4.78 is 12.5. The molecule has 37 heavy (non-hydrogen) atoms. The largest absolute Gasteiger partial charge is 0.507 e. The predicted molar refractivity (Wildman–Crippen MR) is 146 cm³/mol. The number of rotatable bonds is 6. The van der Waals surface area contributed by atoms with E-state index in [-0.39, 0.29) is 17.8 Å². The summed E-state index contributed by atoms with van der Waals surface area (Å²) in [6.07, 6.45) is 10.7. The second-order valence-corrected chi connectivity index (χ2v) is 9.98. The van der Waals surface area contributed by atoms with Gasteiger partial charge in [0.25, 0.3) is 0 Å². The van der Waals surface area contributed by atoms with Gasteiger partial charge in [0.05, 0.1) is 24.0 Å². The second kappa shape index (κ2) is 11.7. The zero-order chi connectivity index (χ0) is 25.6. The molecule has 0 atom stereocenters. The van der Waals surface area contributed by atoms with Gasteiger partial charge in [0, 0.05) is 50.4 Å². The number of anilines is 1. The van der Waals surface area contributed by atoms with Crippen LogP contribution in [0.25, 0.3) is 16.9 Å². The molecule has 1 aliphatic carbocycles. The third-order valence-electron chi connectivity index (χ3n) is 7.22. The standard InChI is InChI=1S/C30H37N3O4/c1-21(34)32-27-13-12-22(19-29(27)37-24-8-2-3-9-24)25-10-6-11-26(30(25)35)28-20-23(7-4-5-18-36-28)33-16-14-31-15-17-33/h6-7,10-13,19-20,24,31,35H,2-5,8-9,14-18H2,1H3,(H,32,34)/b23-7-,28-20-. The molecule has 2 aliphatic heterocycles. The van der Waals surface area contributed by atoms with E-state index in [1.165, 1.54) is 6.92 Å². The van der Waals surface area contributed by atoms with Crippen LogP contribution in [0.5, 0.6) is 11.5 Å². The van der Waals surface area contributed by atoms with Gasteiger partial charge in [-0.05, 0) is 62.3 Å². The molecule has 196 valence electrons. The van der Waals surface area contributed by atoms with Gasteiger partial charge in [-0.25, -0.2) is 0 Å². The van der Waals surface area contributed by atoms with Crippen molar-refractivity contribution in [3.63, 3.8) is 0 Å². The van der Waals surface area contributed by atoms with Crippen LogP contribution in [0.1, 0.15) is 51.0 Å². The van der Waals surface area contributed by atoms with Gasteiger partial charge >= 0.3 is 0 Å². The minimum absolute atomic E-state index is 0.143. The summed E-state index contributed by atoms with van der Waals surface area (Å²) in [4.78, 5) is 14.2. The van der Waals surface area contributed by atoms with Gasteiger partial charge in [-0.2, -0.15) is 0 Å². The summed E-state index contributed by atoms with van der Waals surface area (Å²) in [5, 5.41) is 17.8. The molecule has 1 saturated carbocycles. The number of piperazine rings is 1. The molecule has 1 saturated heterocycles. The monoisotopic (exact) mass is 503 g/mol. The highest BCUT2D eigenvalue weighted by atomic mass is 16.5. The molecule has 0 unspecified atom stereocenters. The molecule has 2 heterocycles. The molecule has 2 fully saturated rings. The summed E-state index contributed by atoms with van der Waals surface area (Å²) >= 11 is 0. The molecule has 7 nitrogen and oxygen atoms in total. The zero-order valence-electron chi connectivity index (χ0n) is 21.6. The van der Waals surface area contributed by atoms with Gasteiger partial charge in [-0.3, -0.25) is 4.79 Å². The van der Waals surface area contributed by atoms with E-state index in [1.54, 1.807) is 0 Å². The highest BCUT2D eigenvalue weighted by molar-refractivity contribution is 5.91. The number of nitrogens with one attached hydrogen (secondary N) is 2. The van der Waals surface area contributed by atoms with Crippen molar-refractivity contribution in [3.8, 4) is 22.6 Å². The molecule has 5 rings (SSSR count). The maximum absolute atomic E-state index is 11.8. The molecule has 7 heteroatoms. The maximum atomic E-state index is 11.8. The number of benzene rings is 2. The average molecular weight is 504 g/mol. The van der Waals surface area contributed by atoms with Gasteiger partial charge < -0.3 is 30.1 Å². The number of phenols is 1. The Balaban J connectivity index is 1.49. The number of hydrogen-bond donors (Lipinski definition) is 3. The Morgan fingerprint density at radius 1 is 1.11 bits per heavy atom. The van der Waals surface area contributed by atoms with Gasteiger partial charge in [-0.15, -0.1) is 0 Å². The number of phenolic OH excluding ortho intramolecular Hbond substituents is 1. The van der Waals surface area contributed by atoms with Crippen molar-refractivity contribution in [3.05, 3.63) is 59.8 Å². The number of hydrogen-bond acceptors (Lipinski definition) is 6. The fourth-order valence-electron chi connectivity index (χ4n) is 5.29. The van der Waals surface area contributed by atoms with E-state index in [9.17, 15) is 9.90 Å². The van der Waals surface area contributed by atoms with Crippen molar-refractivity contribution < 1.29 is 19.4 Å². The maximum Gasteiger partial charge on any atom is 0.221 e. The zero-order valence-corrected chi connectivity index (χ0v) is 21.6. The summed E-state index contributed by atoms with van der Waals surface area (Å²) in [6.45, 7) is 5.92. The van der Waals surface area contributed by atoms with Crippen molar-refractivity contribution in [2.24, 2.45) is 0 Å². The summed E-state index contributed by atoms with van der Waals surface area (Å²) in [7, 11) is 0. The quantitative estimate of drug-likeness (QED) is 0.498. The number of allylic oxidation sites excluding steroid dienone is 2. The highest BCUT2D eigenvalue weighted by Crippen LogP contribution is 2.40. The van der Waals surface area contributed by atoms with E-state index in [2.05, 4.69) is 27.7 Å². The lowest BCUT2D eigenvalue weighted by atomic mass is 9.99. The highest BCUT2D eigenvalue weighted by Gasteiger charge is 2.21. The van der Waals surface area contributed by atoms with Gasteiger partial charge in [-0.1, -0.05) is 24.3 Å². The van der Waals surface area contributed by atoms with Gasteiger partial charge in [0.2, 0.25) is 5.91 Å². The first-order valence-electron chi connectivity index (χ1n) is 13.5. The summed E-state index contributed by atoms with van der Waals surface area (Å²) in [5.74, 6) is 1.35. The van der Waals surface area contributed by atoms with Gasteiger partial charge in [0.15, 0.2) is 0 Å².